The second kappa shape index (κ2) is 12.7. The number of nitrogens with one attached hydrogen (secondary N) is 1. The summed E-state index contributed by atoms with van der Waals surface area (Å²) < 4.78 is 0. The van der Waals surface area contributed by atoms with Gasteiger partial charge < -0.3 is 36.6 Å². The first-order valence-electron chi connectivity index (χ1n) is 15.2. The fraction of sp³-hybridized carbons (Fsp3) is 0.562. The molecule has 0 saturated heterocycles. The van der Waals surface area contributed by atoms with Gasteiger partial charge in [0.05, 0.1) is 29.3 Å². The fourth-order valence-electron chi connectivity index (χ4n) is 7.17. The molecule has 1 saturated carbocycles. The first-order valence-corrected chi connectivity index (χ1v) is 15.2. The lowest BCUT2D eigenvalue weighted by molar-refractivity contribution is -0.169. The molecule has 0 spiro atoms. The Labute approximate surface area is 256 Å². The maximum absolute atomic E-state index is 14.1. The number of phenolic OH excluding ortho intramolecular Hbond substituents is 1. The predicted molar refractivity (Wildman–Crippen MR) is 162 cm³/mol. The monoisotopic (exact) mass is 613 g/mol. The number of nitrogens with two attached hydrogens (primary N) is 1. The van der Waals surface area contributed by atoms with Gasteiger partial charge in [-0.3, -0.25) is 24.1 Å². The summed E-state index contributed by atoms with van der Waals surface area (Å²) in [6, 6.07) is 1.61. The number of hydrogen-bond donors (Lipinski definition) is 7. The summed E-state index contributed by atoms with van der Waals surface area (Å²) in [5.74, 6) is -9.98. The zero-order chi connectivity index (χ0) is 32.7. The van der Waals surface area contributed by atoms with Gasteiger partial charge in [-0.15, -0.1) is 0 Å². The van der Waals surface area contributed by atoms with E-state index in [2.05, 4.69) is 12.2 Å². The van der Waals surface area contributed by atoms with Gasteiger partial charge in [0.1, 0.15) is 22.8 Å². The molecule has 1 aromatic rings. The molecule has 44 heavy (non-hydrogen) atoms. The Bertz CT molecular complexity index is 1430. The molecule has 2 unspecified atom stereocenters. The van der Waals surface area contributed by atoms with Gasteiger partial charge >= 0.3 is 0 Å². The molecule has 4 rings (SSSR count). The van der Waals surface area contributed by atoms with Crippen molar-refractivity contribution < 1.29 is 44.7 Å². The average molecular weight is 614 g/mol. The van der Waals surface area contributed by atoms with Gasteiger partial charge in [-0.1, -0.05) is 58.4 Å². The smallest absolute Gasteiger partial charge is 0.255 e. The number of likely N-dealkylation sites (N-methyl/N-ethyl adjacent to an activating group) is 1. The normalized spacial score (nSPS) is 28.1. The summed E-state index contributed by atoms with van der Waals surface area (Å²) in [6.07, 6.45) is 5.77. The Morgan fingerprint density at radius 3 is 2.23 bits per heavy atom. The van der Waals surface area contributed by atoms with E-state index < -0.39 is 81.4 Å². The highest BCUT2D eigenvalue weighted by Gasteiger charge is 2.68. The number of anilines is 1. The Kier molecular flexibility index (Phi) is 9.57. The van der Waals surface area contributed by atoms with Crippen LogP contribution in [0.2, 0.25) is 0 Å². The van der Waals surface area contributed by atoms with Crippen molar-refractivity contribution in [2.45, 2.75) is 88.9 Å². The van der Waals surface area contributed by atoms with Gasteiger partial charge in [0, 0.05) is 17.9 Å². The third kappa shape index (κ3) is 5.28. The third-order valence-electron chi connectivity index (χ3n) is 9.41. The van der Waals surface area contributed by atoms with Gasteiger partial charge in [-0.25, -0.2) is 0 Å². The van der Waals surface area contributed by atoms with Crippen molar-refractivity contribution in [3.05, 3.63) is 40.2 Å². The number of unbranched alkanes of at least 4 members (excludes halogenated alkanes) is 6. The van der Waals surface area contributed by atoms with Crippen molar-refractivity contribution in [3.8, 4) is 5.75 Å². The summed E-state index contributed by atoms with van der Waals surface area (Å²) in [7, 11) is 2.90. The van der Waals surface area contributed by atoms with Crippen molar-refractivity contribution in [1.82, 2.24) is 4.90 Å². The molecule has 0 heterocycles. The quantitative estimate of drug-likeness (QED) is 0.110. The van der Waals surface area contributed by atoms with Crippen LogP contribution >= 0.6 is 0 Å². The number of benzene rings is 1. The number of primary amides is 1. The maximum atomic E-state index is 14.1. The number of aliphatic hydroxyl groups is 4. The number of nitrogens with zero attached hydrogens (tertiary/aromatic N) is 1. The molecule has 240 valence electrons. The Morgan fingerprint density at radius 1 is 1.02 bits per heavy atom. The first-order chi connectivity index (χ1) is 20.7. The number of aromatic hydroxyl groups is 1. The second-order valence-electron chi connectivity index (χ2n) is 12.4. The molecule has 0 radical (unpaired) electrons. The molecule has 0 aromatic heterocycles. The van der Waals surface area contributed by atoms with Gasteiger partial charge in [0.15, 0.2) is 11.4 Å². The van der Waals surface area contributed by atoms with E-state index in [0.29, 0.717) is 12.0 Å². The standard InChI is InChI=1S/C32H43N3O9/c1-5-6-7-8-9-10-11-12-18(36)34-17-14-13-16-15(2)19-21(26(38)20(16)25(17)37)29(41)32(44)23(27(19)39)24(35(3)4)28(40)22(30(32)42)31(33)43/h13-15,19,23-24,27,37-39,42,44H,5-12H2,1-4H3,(H2,33,43)(H,34,36)/t15-,19?,23?,24-,27-,32-/m0/s1. The molecular formula is C32H43N3O9. The van der Waals surface area contributed by atoms with Crippen molar-refractivity contribution in [3.63, 3.8) is 0 Å². The zero-order valence-corrected chi connectivity index (χ0v) is 25.6. The van der Waals surface area contributed by atoms with Gasteiger partial charge in [-0.05, 0) is 38.1 Å². The Hall–Kier alpha value is -3.74. The molecule has 0 aliphatic heterocycles. The van der Waals surface area contributed by atoms with E-state index >= 15 is 0 Å². The van der Waals surface area contributed by atoms with E-state index in [0.717, 1.165) is 32.1 Å². The number of aliphatic hydroxyl groups excluding tert-OH is 3. The Morgan fingerprint density at radius 2 is 1.64 bits per heavy atom. The molecular weight excluding hydrogens is 570 g/mol. The lowest BCUT2D eigenvalue weighted by Crippen LogP contribution is -2.70. The molecule has 0 bridgehead atoms. The van der Waals surface area contributed by atoms with Crippen LogP contribution in [0.3, 0.4) is 0 Å². The van der Waals surface area contributed by atoms with E-state index in [-0.39, 0.29) is 23.6 Å². The molecule has 12 nitrogen and oxygen atoms in total. The van der Waals surface area contributed by atoms with Crippen LogP contribution < -0.4 is 11.1 Å². The summed E-state index contributed by atoms with van der Waals surface area (Å²) in [4.78, 5) is 53.5. The number of carbonyl (C=O) groups is 4. The highest BCUT2D eigenvalue weighted by atomic mass is 16.4. The maximum Gasteiger partial charge on any atom is 0.255 e. The minimum absolute atomic E-state index is 0.00424. The van der Waals surface area contributed by atoms with E-state index in [1.807, 2.05) is 0 Å². The van der Waals surface area contributed by atoms with Gasteiger partial charge in [-0.2, -0.15) is 0 Å². The van der Waals surface area contributed by atoms with Crippen LogP contribution in [0, 0.1) is 11.8 Å². The molecule has 6 atom stereocenters. The third-order valence-corrected chi connectivity index (χ3v) is 9.41. The summed E-state index contributed by atoms with van der Waals surface area (Å²) in [6.45, 7) is 3.79. The van der Waals surface area contributed by atoms with Crippen LogP contribution in [0.4, 0.5) is 5.69 Å². The van der Waals surface area contributed by atoms with Crippen LogP contribution in [0.25, 0.3) is 5.76 Å². The first kappa shape index (κ1) is 33.2. The summed E-state index contributed by atoms with van der Waals surface area (Å²) in [5, 5.41) is 59.8. The molecule has 2 amide bonds. The highest BCUT2D eigenvalue weighted by Crippen LogP contribution is 2.56. The van der Waals surface area contributed by atoms with Crippen LogP contribution in [-0.2, 0) is 19.2 Å². The molecule has 1 aromatic carbocycles. The predicted octanol–water partition coefficient (Wildman–Crippen LogP) is 2.58. The van der Waals surface area contributed by atoms with E-state index in [1.165, 1.54) is 31.5 Å². The largest absolute Gasteiger partial charge is 0.508 e. The van der Waals surface area contributed by atoms with Crippen LogP contribution in [0.5, 0.6) is 5.75 Å². The number of fused-ring (bicyclic) bond motifs is 3. The van der Waals surface area contributed by atoms with Crippen molar-refractivity contribution in [2.24, 2.45) is 17.6 Å². The zero-order valence-electron chi connectivity index (χ0n) is 25.6. The van der Waals surface area contributed by atoms with E-state index in [9.17, 15) is 44.7 Å². The van der Waals surface area contributed by atoms with Crippen LogP contribution in [0.1, 0.15) is 82.3 Å². The molecule has 8 N–H and O–H groups in total. The van der Waals surface area contributed by atoms with Crippen molar-refractivity contribution in [1.29, 1.82) is 0 Å². The molecule has 1 fully saturated rings. The van der Waals surface area contributed by atoms with Gasteiger partial charge in [0.2, 0.25) is 11.7 Å². The molecule has 12 heteroatoms. The minimum Gasteiger partial charge on any atom is -0.508 e. The summed E-state index contributed by atoms with van der Waals surface area (Å²) in [5.41, 5.74) is 1.09. The van der Waals surface area contributed by atoms with Crippen molar-refractivity contribution >= 4 is 34.8 Å². The van der Waals surface area contributed by atoms with Crippen molar-refractivity contribution in [2.75, 3.05) is 19.4 Å². The second-order valence-corrected chi connectivity index (χ2v) is 12.4. The van der Waals surface area contributed by atoms with E-state index in [1.54, 1.807) is 13.0 Å². The fourth-order valence-corrected chi connectivity index (χ4v) is 7.17. The molecule has 3 aliphatic rings. The molecule has 3 aliphatic carbocycles. The number of rotatable bonds is 11. The SMILES string of the molecule is CCCCCCCCCC(=O)Nc1ccc2c(c1O)C(O)=C1C(=O)[C@]3(O)C(O)=C(C(N)=O)C(=O)[C@@H](N(C)C)C3[C@@H](O)C1[C@H]2C. The average Bonchev–Trinajstić information content (AvgIpc) is 2.95. The van der Waals surface area contributed by atoms with E-state index in [4.69, 9.17) is 5.73 Å². The number of ketones is 2. The Balaban J connectivity index is 1.71. The van der Waals surface area contributed by atoms with Gasteiger partial charge in [0.25, 0.3) is 5.91 Å². The number of phenols is 1. The number of carbonyl (C=O) groups excluding carboxylic acids is 4. The number of hydrogen-bond acceptors (Lipinski definition) is 10. The minimum atomic E-state index is -2.98. The lowest BCUT2D eigenvalue weighted by Gasteiger charge is -2.53. The summed E-state index contributed by atoms with van der Waals surface area (Å²) >= 11 is 0. The van der Waals surface area contributed by atoms with Crippen LogP contribution in [-0.4, -0.2) is 85.7 Å². The lowest BCUT2D eigenvalue weighted by atomic mass is 9.54. The number of Topliss-reactive ketones (excluding diaryl/α,β-unsaturated/α-hetero) is 2. The number of amides is 2. The van der Waals surface area contributed by atoms with Crippen LogP contribution in [0.15, 0.2) is 29.0 Å². The highest BCUT2D eigenvalue weighted by molar-refractivity contribution is 6.24. The topological polar surface area (TPSA) is 211 Å².